The quantitative estimate of drug-likeness (QED) is 0.640. The lowest BCUT2D eigenvalue weighted by atomic mass is 10.1. The molecule has 3 N–H and O–H groups in total. The zero-order chi connectivity index (χ0) is 19.8. The van der Waals surface area contributed by atoms with E-state index in [0.29, 0.717) is 18.0 Å². The van der Waals surface area contributed by atoms with E-state index in [4.69, 9.17) is 10.5 Å². The van der Waals surface area contributed by atoms with E-state index in [0.717, 1.165) is 18.2 Å². The van der Waals surface area contributed by atoms with Crippen LogP contribution in [-0.2, 0) is 13.2 Å². The number of aryl methyl sites for hydroxylation is 1. The number of aromatic nitrogens is 3. The Labute approximate surface area is 159 Å². The zero-order valence-electron chi connectivity index (χ0n) is 15.0. The van der Waals surface area contributed by atoms with E-state index in [2.05, 4.69) is 10.4 Å². The number of pyridine rings is 1. The van der Waals surface area contributed by atoms with Crippen molar-refractivity contribution < 1.29 is 14.3 Å². The third-order valence-corrected chi connectivity index (χ3v) is 4.46. The van der Waals surface area contributed by atoms with Gasteiger partial charge in [-0.15, -0.1) is 0 Å². The summed E-state index contributed by atoms with van der Waals surface area (Å²) in [5.41, 5.74) is 6.93. The molecule has 0 saturated heterocycles. The summed E-state index contributed by atoms with van der Waals surface area (Å²) in [4.78, 5) is 36.1. The number of anilines is 1. The van der Waals surface area contributed by atoms with Crippen molar-refractivity contribution in [3.63, 3.8) is 0 Å². The average molecular weight is 379 g/mol. The van der Waals surface area contributed by atoms with Crippen LogP contribution in [0.15, 0.2) is 47.5 Å². The molecule has 3 aromatic rings. The van der Waals surface area contributed by atoms with Crippen LogP contribution in [0, 0.1) is 0 Å². The molecular formula is C19H17N5O4. The number of nitrogen functional groups attached to an aromatic ring is 1. The predicted molar refractivity (Wildman–Crippen MR) is 100 cm³/mol. The van der Waals surface area contributed by atoms with E-state index in [1.165, 1.54) is 4.57 Å². The number of amides is 2. The van der Waals surface area contributed by atoms with Crippen molar-refractivity contribution in [2.45, 2.75) is 20.1 Å². The van der Waals surface area contributed by atoms with Crippen LogP contribution in [0.2, 0.25) is 0 Å². The van der Waals surface area contributed by atoms with Gasteiger partial charge in [-0.3, -0.25) is 28.9 Å². The molecule has 2 amide bonds. The maximum atomic E-state index is 12.4. The summed E-state index contributed by atoms with van der Waals surface area (Å²) in [6.45, 7) is 3.15. The second kappa shape index (κ2) is 6.69. The summed E-state index contributed by atoms with van der Waals surface area (Å²) in [5.74, 6) is -0.704. The summed E-state index contributed by atoms with van der Waals surface area (Å²) < 4.78 is 8.72. The van der Waals surface area contributed by atoms with Crippen LogP contribution in [0.25, 0.3) is 5.69 Å². The van der Waals surface area contributed by atoms with Gasteiger partial charge in [0.05, 0.1) is 23.0 Å². The number of hydrogen-bond donors (Lipinski definition) is 2. The summed E-state index contributed by atoms with van der Waals surface area (Å²) in [6, 6.07) is 7.82. The van der Waals surface area contributed by atoms with Gasteiger partial charge in [0.25, 0.3) is 17.4 Å². The highest BCUT2D eigenvalue weighted by Gasteiger charge is 2.31. The van der Waals surface area contributed by atoms with Gasteiger partial charge in [-0.25, -0.2) is 0 Å². The van der Waals surface area contributed by atoms with Gasteiger partial charge in [0, 0.05) is 24.4 Å². The monoisotopic (exact) mass is 379 g/mol. The molecule has 0 bridgehead atoms. The summed E-state index contributed by atoms with van der Waals surface area (Å²) in [6.07, 6.45) is 3.65. The Balaban J connectivity index is 1.59. The van der Waals surface area contributed by atoms with Crippen LogP contribution in [0.3, 0.4) is 0 Å². The van der Waals surface area contributed by atoms with Gasteiger partial charge in [-0.05, 0) is 31.2 Å². The highest BCUT2D eigenvalue weighted by atomic mass is 16.5. The van der Waals surface area contributed by atoms with Crippen LogP contribution in [-0.4, -0.2) is 26.2 Å². The number of ether oxygens (including phenoxy) is 1. The first kappa shape index (κ1) is 17.5. The van der Waals surface area contributed by atoms with E-state index in [1.54, 1.807) is 30.5 Å². The second-order valence-electron chi connectivity index (χ2n) is 6.26. The maximum absolute atomic E-state index is 12.4. The molecule has 0 radical (unpaired) electrons. The smallest absolute Gasteiger partial charge is 0.262 e. The van der Waals surface area contributed by atoms with Crippen molar-refractivity contribution in [1.82, 2.24) is 19.7 Å². The number of hydrogen-bond acceptors (Lipinski definition) is 6. The molecule has 0 unspecified atom stereocenters. The Hall–Kier alpha value is -3.88. The molecule has 28 heavy (non-hydrogen) atoms. The Kier molecular flexibility index (Phi) is 4.19. The van der Waals surface area contributed by atoms with E-state index in [1.807, 2.05) is 17.8 Å². The highest BCUT2D eigenvalue weighted by Crippen LogP contribution is 2.24. The topological polar surface area (TPSA) is 121 Å². The summed E-state index contributed by atoms with van der Waals surface area (Å²) >= 11 is 0. The maximum Gasteiger partial charge on any atom is 0.262 e. The van der Waals surface area contributed by atoms with Crippen molar-refractivity contribution in [1.29, 1.82) is 0 Å². The number of nitrogens with two attached hydrogens (primary N) is 1. The summed E-state index contributed by atoms with van der Waals surface area (Å²) in [7, 11) is 0. The zero-order valence-corrected chi connectivity index (χ0v) is 15.0. The minimum Gasteiger partial charge on any atom is -0.489 e. The van der Waals surface area contributed by atoms with Gasteiger partial charge in [0.2, 0.25) is 0 Å². The van der Waals surface area contributed by atoms with Crippen molar-refractivity contribution in [3.8, 4) is 11.4 Å². The largest absolute Gasteiger partial charge is 0.489 e. The van der Waals surface area contributed by atoms with E-state index >= 15 is 0 Å². The molecule has 4 rings (SSSR count). The fourth-order valence-electron chi connectivity index (χ4n) is 3.06. The Morgan fingerprint density at radius 1 is 1.14 bits per heavy atom. The second-order valence-corrected chi connectivity index (χ2v) is 6.26. The number of imide groups is 1. The van der Waals surface area contributed by atoms with E-state index in [-0.39, 0.29) is 16.9 Å². The number of rotatable bonds is 5. The van der Waals surface area contributed by atoms with Crippen LogP contribution >= 0.6 is 0 Å². The Morgan fingerprint density at radius 3 is 2.57 bits per heavy atom. The Morgan fingerprint density at radius 2 is 1.89 bits per heavy atom. The van der Waals surface area contributed by atoms with Crippen molar-refractivity contribution >= 4 is 17.6 Å². The fraction of sp³-hybridized carbons (Fsp3) is 0.158. The third-order valence-electron chi connectivity index (χ3n) is 4.46. The molecule has 0 spiro atoms. The predicted octanol–water partition coefficient (Wildman–Crippen LogP) is 1.10. The first-order valence-electron chi connectivity index (χ1n) is 8.63. The lowest BCUT2D eigenvalue weighted by molar-refractivity contribution is 0.0880. The first-order valence-corrected chi connectivity index (χ1v) is 8.63. The molecule has 0 fully saturated rings. The molecule has 142 valence electrons. The molecule has 1 aliphatic heterocycles. The number of fused-ring (bicyclic) bond motifs is 1. The lowest BCUT2D eigenvalue weighted by Gasteiger charge is -2.12. The van der Waals surface area contributed by atoms with Crippen LogP contribution < -0.4 is 21.3 Å². The molecule has 3 heterocycles. The lowest BCUT2D eigenvalue weighted by Crippen LogP contribution is -2.24. The van der Waals surface area contributed by atoms with Crippen LogP contribution in [0.1, 0.15) is 33.2 Å². The van der Waals surface area contributed by atoms with Gasteiger partial charge in [0.1, 0.15) is 18.2 Å². The Bertz CT molecular complexity index is 1140. The average Bonchev–Trinajstić information content (AvgIpc) is 3.25. The molecular weight excluding hydrogens is 362 g/mol. The standard InChI is InChI=1S/C19H17N5O4/c1-2-23-9-11(8-21-23)10-28-13-5-3-12(4-6-13)24-15(25)7-14-16(17(24)20)19(27)22-18(14)26/h3-9H,2,10,20H2,1H3,(H,22,26,27). The normalized spacial score (nSPS) is 12.8. The number of nitrogens with one attached hydrogen (secondary N) is 1. The van der Waals surface area contributed by atoms with Gasteiger partial charge in [-0.2, -0.15) is 5.10 Å². The first-order chi connectivity index (χ1) is 13.5. The number of benzene rings is 1. The number of carbonyl (C=O) groups excluding carboxylic acids is 2. The number of nitrogens with zero attached hydrogens (tertiary/aromatic N) is 3. The highest BCUT2D eigenvalue weighted by molar-refractivity contribution is 6.23. The van der Waals surface area contributed by atoms with Gasteiger partial charge in [-0.1, -0.05) is 0 Å². The van der Waals surface area contributed by atoms with E-state index in [9.17, 15) is 14.4 Å². The van der Waals surface area contributed by atoms with Gasteiger partial charge in [0.15, 0.2) is 0 Å². The van der Waals surface area contributed by atoms with Crippen LogP contribution in [0.4, 0.5) is 5.82 Å². The third kappa shape index (κ3) is 2.92. The minimum absolute atomic E-state index is 0.00340. The molecule has 9 nitrogen and oxygen atoms in total. The van der Waals surface area contributed by atoms with Crippen molar-refractivity contribution in [3.05, 3.63) is 69.8 Å². The van der Waals surface area contributed by atoms with Gasteiger partial charge >= 0.3 is 0 Å². The molecule has 0 aliphatic carbocycles. The molecule has 0 atom stereocenters. The van der Waals surface area contributed by atoms with Crippen molar-refractivity contribution in [2.75, 3.05) is 5.73 Å². The summed E-state index contributed by atoms with van der Waals surface area (Å²) in [5, 5.41) is 6.33. The molecule has 9 heteroatoms. The number of carbonyl (C=O) groups is 2. The van der Waals surface area contributed by atoms with Crippen LogP contribution in [0.5, 0.6) is 5.75 Å². The SMILES string of the molecule is CCn1cc(COc2ccc(-n3c(N)c4c(cc3=O)C(=O)NC4=O)cc2)cn1. The van der Waals surface area contributed by atoms with Gasteiger partial charge < -0.3 is 10.5 Å². The van der Waals surface area contributed by atoms with Crippen molar-refractivity contribution in [2.24, 2.45) is 0 Å². The molecule has 0 saturated carbocycles. The minimum atomic E-state index is -0.619. The molecule has 1 aromatic carbocycles. The van der Waals surface area contributed by atoms with E-state index < -0.39 is 17.4 Å². The molecule has 1 aliphatic rings. The molecule has 2 aromatic heterocycles. The fourth-order valence-corrected chi connectivity index (χ4v) is 3.06.